The lowest BCUT2D eigenvalue weighted by atomic mass is 9.95. The van der Waals surface area contributed by atoms with Gasteiger partial charge in [-0.2, -0.15) is 12.6 Å². The molecule has 100 valence electrons. The van der Waals surface area contributed by atoms with E-state index in [-0.39, 0.29) is 5.41 Å². The molecule has 0 aromatic carbocycles. The van der Waals surface area contributed by atoms with Gasteiger partial charge in [0.1, 0.15) is 0 Å². The van der Waals surface area contributed by atoms with Crippen molar-refractivity contribution >= 4 is 18.5 Å². The van der Waals surface area contributed by atoms with Crippen LogP contribution in [0, 0.1) is 11.3 Å². The predicted octanol–water partition coefficient (Wildman–Crippen LogP) is 3.37. The van der Waals surface area contributed by atoms with Crippen LogP contribution < -0.4 is 0 Å². The average Bonchev–Trinajstić information content (AvgIpc) is 2.45. The van der Waals surface area contributed by atoms with Gasteiger partial charge in [0.15, 0.2) is 0 Å². The average molecular weight is 257 g/mol. The third kappa shape index (κ3) is 4.90. The topological polar surface area (TPSA) is 20.3 Å². The largest absolute Gasteiger partial charge is 0.342 e. The molecule has 17 heavy (non-hydrogen) atoms. The minimum Gasteiger partial charge on any atom is -0.342 e. The van der Waals surface area contributed by atoms with Crippen LogP contribution in [-0.2, 0) is 4.79 Å². The molecule has 3 heteroatoms. The summed E-state index contributed by atoms with van der Waals surface area (Å²) in [6, 6.07) is 0. The van der Waals surface area contributed by atoms with Crippen LogP contribution in [-0.4, -0.2) is 29.6 Å². The monoisotopic (exact) mass is 257 g/mol. The minimum absolute atomic E-state index is 0.128. The van der Waals surface area contributed by atoms with Crippen molar-refractivity contribution in [2.24, 2.45) is 11.3 Å². The number of carbonyl (C=O) groups is 1. The molecule has 1 unspecified atom stereocenters. The van der Waals surface area contributed by atoms with Gasteiger partial charge in [-0.05, 0) is 29.9 Å². The Labute approximate surface area is 112 Å². The lowest BCUT2D eigenvalue weighted by molar-refractivity contribution is -0.131. The molecular formula is C14H27NOS. The molecule has 1 fully saturated rings. The third-order valence-corrected chi connectivity index (χ3v) is 4.53. The van der Waals surface area contributed by atoms with Gasteiger partial charge in [0.25, 0.3) is 0 Å². The first kappa shape index (κ1) is 14.9. The Bertz CT molecular complexity index is 253. The van der Waals surface area contributed by atoms with Crippen LogP contribution in [0.4, 0.5) is 0 Å². The van der Waals surface area contributed by atoms with Crippen LogP contribution in [0.15, 0.2) is 0 Å². The van der Waals surface area contributed by atoms with Crippen LogP contribution in [0.3, 0.4) is 0 Å². The molecule has 0 aromatic heterocycles. The van der Waals surface area contributed by atoms with E-state index in [4.69, 9.17) is 0 Å². The highest BCUT2D eigenvalue weighted by molar-refractivity contribution is 7.80. The molecule has 1 rings (SSSR count). The second-order valence-electron chi connectivity index (χ2n) is 6.12. The molecule has 1 atom stereocenters. The molecule has 1 heterocycles. The van der Waals surface area contributed by atoms with Gasteiger partial charge in [-0.1, -0.05) is 33.6 Å². The smallest absolute Gasteiger partial charge is 0.222 e. The Morgan fingerprint density at radius 1 is 1.41 bits per heavy atom. The molecule has 0 spiro atoms. The molecule has 0 N–H and O–H groups in total. The SMILES string of the molecule is CCCC1CCC(=O)N(CC(C)(C)CS)CC1. The van der Waals surface area contributed by atoms with Crippen LogP contribution in [0.25, 0.3) is 0 Å². The summed E-state index contributed by atoms with van der Waals surface area (Å²) in [5.74, 6) is 1.93. The van der Waals surface area contributed by atoms with E-state index in [1.165, 1.54) is 19.3 Å². The predicted molar refractivity (Wildman–Crippen MR) is 76.5 cm³/mol. The molecule has 0 bridgehead atoms. The molecule has 0 saturated carbocycles. The molecule has 1 aliphatic heterocycles. The number of likely N-dealkylation sites (tertiary alicyclic amines) is 1. The van der Waals surface area contributed by atoms with E-state index in [0.717, 1.165) is 37.6 Å². The van der Waals surface area contributed by atoms with Gasteiger partial charge in [0.05, 0.1) is 0 Å². The minimum atomic E-state index is 0.128. The summed E-state index contributed by atoms with van der Waals surface area (Å²) in [5.41, 5.74) is 0.128. The van der Waals surface area contributed by atoms with E-state index in [9.17, 15) is 4.79 Å². The summed E-state index contributed by atoms with van der Waals surface area (Å²) >= 11 is 4.37. The molecule has 1 amide bonds. The van der Waals surface area contributed by atoms with Gasteiger partial charge in [-0.3, -0.25) is 4.79 Å². The van der Waals surface area contributed by atoms with Crippen molar-refractivity contribution in [3.63, 3.8) is 0 Å². The highest BCUT2D eigenvalue weighted by Gasteiger charge is 2.27. The normalized spacial score (nSPS) is 22.7. The fourth-order valence-electron chi connectivity index (χ4n) is 2.52. The summed E-state index contributed by atoms with van der Waals surface area (Å²) < 4.78 is 0. The summed E-state index contributed by atoms with van der Waals surface area (Å²) in [6.07, 6.45) is 5.53. The lowest BCUT2D eigenvalue weighted by Crippen LogP contribution is -2.39. The zero-order chi connectivity index (χ0) is 12.9. The molecule has 1 saturated heterocycles. The van der Waals surface area contributed by atoms with Gasteiger partial charge < -0.3 is 4.90 Å². The van der Waals surface area contributed by atoms with Crippen LogP contribution in [0.5, 0.6) is 0 Å². The maximum Gasteiger partial charge on any atom is 0.222 e. The number of rotatable bonds is 5. The highest BCUT2D eigenvalue weighted by Crippen LogP contribution is 2.25. The van der Waals surface area contributed by atoms with Crippen LogP contribution in [0.1, 0.15) is 52.9 Å². The van der Waals surface area contributed by atoms with Gasteiger partial charge in [-0.15, -0.1) is 0 Å². The standard InChI is InChI=1S/C14H27NOS/c1-4-5-12-6-7-13(16)15(9-8-12)10-14(2,3)11-17/h12,17H,4-11H2,1-3H3. The fraction of sp³-hybridized carbons (Fsp3) is 0.929. The summed E-state index contributed by atoms with van der Waals surface area (Å²) in [6.45, 7) is 8.40. The number of nitrogens with zero attached hydrogens (tertiary/aromatic N) is 1. The maximum atomic E-state index is 12.1. The van der Waals surface area contributed by atoms with Crippen molar-refractivity contribution in [3.8, 4) is 0 Å². The van der Waals surface area contributed by atoms with Crippen molar-refractivity contribution < 1.29 is 4.79 Å². The molecule has 0 radical (unpaired) electrons. The number of hydrogen-bond donors (Lipinski definition) is 1. The van der Waals surface area contributed by atoms with E-state index in [1.807, 2.05) is 0 Å². The first-order valence-corrected chi connectivity index (χ1v) is 7.50. The van der Waals surface area contributed by atoms with E-state index < -0.39 is 0 Å². The lowest BCUT2D eigenvalue weighted by Gasteiger charge is -2.31. The number of thiol groups is 1. The van der Waals surface area contributed by atoms with Gasteiger partial charge >= 0.3 is 0 Å². The zero-order valence-electron chi connectivity index (χ0n) is 11.5. The summed E-state index contributed by atoms with van der Waals surface area (Å²) in [7, 11) is 0. The van der Waals surface area contributed by atoms with E-state index >= 15 is 0 Å². The van der Waals surface area contributed by atoms with E-state index in [2.05, 4.69) is 38.3 Å². The number of amides is 1. The van der Waals surface area contributed by atoms with Crippen LogP contribution in [0.2, 0.25) is 0 Å². The van der Waals surface area contributed by atoms with Crippen molar-refractivity contribution in [1.29, 1.82) is 0 Å². The van der Waals surface area contributed by atoms with E-state index in [0.29, 0.717) is 5.91 Å². The maximum absolute atomic E-state index is 12.1. The number of carbonyl (C=O) groups excluding carboxylic acids is 1. The molecule has 2 nitrogen and oxygen atoms in total. The summed E-state index contributed by atoms with van der Waals surface area (Å²) in [5, 5.41) is 0. The quantitative estimate of drug-likeness (QED) is 0.749. The highest BCUT2D eigenvalue weighted by atomic mass is 32.1. The number of hydrogen-bond acceptors (Lipinski definition) is 2. The first-order valence-electron chi connectivity index (χ1n) is 6.87. The second-order valence-corrected chi connectivity index (χ2v) is 6.44. The van der Waals surface area contributed by atoms with Gasteiger partial charge in [0, 0.05) is 19.5 Å². The van der Waals surface area contributed by atoms with Crippen molar-refractivity contribution in [2.75, 3.05) is 18.8 Å². The Morgan fingerprint density at radius 2 is 2.12 bits per heavy atom. The Kier molecular flexibility index (Phi) is 5.84. The zero-order valence-corrected chi connectivity index (χ0v) is 12.4. The second kappa shape index (κ2) is 6.67. The molecule has 1 aliphatic rings. The van der Waals surface area contributed by atoms with Crippen molar-refractivity contribution in [2.45, 2.75) is 52.9 Å². The Balaban J connectivity index is 2.53. The van der Waals surface area contributed by atoms with Crippen molar-refractivity contribution in [1.82, 2.24) is 4.90 Å². The van der Waals surface area contributed by atoms with Crippen LogP contribution >= 0.6 is 12.6 Å². The van der Waals surface area contributed by atoms with Gasteiger partial charge in [-0.25, -0.2) is 0 Å². The third-order valence-electron chi connectivity index (χ3n) is 3.67. The fourth-order valence-corrected chi connectivity index (χ4v) is 2.62. The molecular weight excluding hydrogens is 230 g/mol. The molecule has 0 aromatic rings. The van der Waals surface area contributed by atoms with E-state index in [1.54, 1.807) is 0 Å². The first-order chi connectivity index (χ1) is 7.98. The molecule has 0 aliphatic carbocycles. The summed E-state index contributed by atoms with van der Waals surface area (Å²) in [4.78, 5) is 14.1. The van der Waals surface area contributed by atoms with Crippen molar-refractivity contribution in [3.05, 3.63) is 0 Å². The Morgan fingerprint density at radius 3 is 2.71 bits per heavy atom. The van der Waals surface area contributed by atoms with Gasteiger partial charge in [0.2, 0.25) is 5.91 Å². The Hall–Kier alpha value is -0.180.